The lowest BCUT2D eigenvalue weighted by Gasteiger charge is -2.23. The Bertz CT molecular complexity index is 344. The molecule has 0 aromatic rings. The van der Waals surface area contributed by atoms with Gasteiger partial charge in [0.1, 0.15) is 12.1 Å². The standard InChI is InChI=1S/C14H18FNO/c1-2-7-14(12-13(15)8-11-17)16-9-5-3-4-6-10-16/h1,7,11-12H,3-6,8-10H2/b13-12+,14-7+. The van der Waals surface area contributed by atoms with Crippen molar-refractivity contribution in [2.75, 3.05) is 13.1 Å². The van der Waals surface area contributed by atoms with E-state index < -0.39 is 5.83 Å². The van der Waals surface area contributed by atoms with Crippen LogP contribution in [0.2, 0.25) is 0 Å². The van der Waals surface area contributed by atoms with Crippen molar-refractivity contribution in [1.82, 2.24) is 4.90 Å². The molecule has 0 atom stereocenters. The molecular weight excluding hydrogens is 217 g/mol. The van der Waals surface area contributed by atoms with Crippen molar-refractivity contribution >= 4 is 6.29 Å². The number of likely N-dealkylation sites (tertiary alicyclic amines) is 1. The van der Waals surface area contributed by atoms with Crippen LogP contribution in [0.4, 0.5) is 4.39 Å². The van der Waals surface area contributed by atoms with Gasteiger partial charge in [0.2, 0.25) is 0 Å². The van der Waals surface area contributed by atoms with Gasteiger partial charge in [0.05, 0.1) is 6.42 Å². The van der Waals surface area contributed by atoms with E-state index in [4.69, 9.17) is 6.42 Å². The molecule has 0 saturated carbocycles. The van der Waals surface area contributed by atoms with Crippen LogP contribution < -0.4 is 0 Å². The summed E-state index contributed by atoms with van der Waals surface area (Å²) in [6.07, 6.45) is 13.2. The van der Waals surface area contributed by atoms with Crippen molar-refractivity contribution in [2.45, 2.75) is 32.1 Å². The fourth-order valence-electron chi connectivity index (χ4n) is 1.94. The van der Waals surface area contributed by atoms with Crippen LogP contribution in [0.1, 0.15) is 32.1 Å². The van der Waals surface area contributed by atoms with Gasteiger partial charge < -0.3 is 9.69 Å². The summed E-state index contributed by atoms with van der Waals surface area (Å²) in [7, 11) is 0. The summed E-state index contributed by atoms with van der Waals surface area (Å²) >= 11 is 0. The van der Waals surface area contributed by atoms with E-state index in [9.17, 15) is 9.18 Å². The number of hydrogen-bond acceptors (Lipinski definition) is 2. The average Bonchev–Trinajstić information content (AvgIpc) is 2.57. The molecule has 0 bridgehead atoms. The van der Waals surface area contributed by atoms with Gasteiger partial charge in [0.15, 0.2) is 0 Å². The second-order valence-electron chi connectivity index (χ2n) is 4.10. The van der Waals surface area contributed by atoms with Crippen LogP contribution >= 0.6 is 0 Å². The molecule has 1 rings (SSSR count). The van der Waals surface area contributed by atoms with Gasteiger partial charge in [-0.2, -0.15) is 0 Å². The monoisotopic (exact) mass is 235 g/mol. The number of hydrogen-bond donors (Lipinski definition) is 0. The highest BCUT2D eigenvalue weighted by molar-refractivity contribution is 5.53. The van der Waals surface area contributed by atoms with Crippen LogP contribution in [-0.4, -0.2) is 24.3 Å². The van der Waals surface area contributed by atoms with E-state index in [0.29, 0.717) is 12.0 Å². The molecular formula is C14H18FNO. The molecule has 3 heteroatoms. The summed E-state index contributed by atoms with van der Waals surface area (Å²) in [6, 6.07) is 0. The van der Waals surface area contributed by atoms with Crippen LogP contribution in [0.3, 0.4) is 0 Å². The number of allylic oxidation sites excluding steroid dienone is 3. The minimum absolute atomic E-state index is 0.185. The minimum atomic E-state index is -0.439. The lowest BCUT2D eigenvalue weighted by molar-refractivity contribution is -0.107. The van der Waals surface area contributed by atoms with Gasteiger partial charge in [0, 0.05) is 24.9 Å². The highest BCUT2D eigenvalue weighted by Gasteiger charge is 2.11. The number of aldehydes is 1. The van der Waals surface area contributed by atoms with Crippen molar-refractivity contribution < 1.29 is 9.18 Å². The van der Waals surface area contributed by atoms with Gasteiger partial charge in [-0.05, 0) is 18.9 Å². The molecule has 1 saturated heterocycles. The molecule has 0 aromatic carbocycles. The smallest absolute Gasteiger partial charge is 0.126 e. The summed E-state index contributed by atoms with van der Waals surface area (Å²) in [4.78, 5) is 12.3. The Kier molecular flexibility index (Phi) is 6.09. The lowest BCUT2D eigenvalue weighted by atomic mass is 10.2. The molecule has 0 aromatic heterocycles. The van der Waals surface area contributed by atoms with E-state index in [1.54, 1.807) is 6.08 Å². The Morgan fingerprint density at radius 2 is 1.94 bits per heavy atom. The average molecular weight is 235 g/mol. The number of halogens is 1. The Morgan fingerprint density at radius 3 is 2.47 bits per heavy atom. The molecule has 17 heavy (non-hydrogen) atoms. The van der Waals surface area contributed by atoms with E-state index in [2.05, 4.69) is 10.8 Å². The largest absolute Gasteiger partial charge is 0.371 e. The quantitative estimate of drug-likeness (QED) is 0.424. The van der Waals surface area contributed by atoms with Gasteiger partial charge in [-0.1, -0.05) is 18.8 Å². The van der Waals surface area contributed by atoms with E-state index in [1.165, 1.54) is 18.9 Å². The molecule has 1 aliphatic rings. The first-order chi connectivity index (χ1) is 8.27. The van der Waals surface area contributed by atoms with Crippen LogP contribution in [0.25, 0.3) is 0 Å². The van der Waals surface area contributed by atoms with Gasteiger partial charge in [0.25, 0.3) is 0 Å². The summed E-state index contributed by atoms with van der Waals surface area (Å²) in [5.41, 5.74) is 0.703. The zero-order chi connectivity index (χ0) is 12.5. The molecule has 0 amide bonds. The molecule has 92 valence electrons. The Hall–Kier alpha value is -1.56. The van der Waals surface area contributed by atoms with E-state index >= 15 is 0 Å². The first-order valence-corrected chi connectivity index (χ1v) is 5.99. The maximum Gasteiger partial charge on any atom is 0.126 e. The molecule has 0 N–H and O–H groups in total. The summed E-state index contributed by atoms with van der Waals surface area (Å²) < 4.78 is 13.3. The first-order valence-electron chi connectivity index (χ1n) is 5.99. The molecule has 1 heterocycles. The number of carbonyl (C=O) groups is 1. The van der Waals surface area contributed by atoms with Crippen LogP contribution in [0, 0.1) is 12.3 Å². The van der Waals surface area contributed by atoms with Crippen molar-refractivity contribution in [1.29, 1.82) is 0 Å². The highest BCUT2D eigenvalue weighted by atomic mass is 19.1. The Balaban J connectivity index is 2.78. The van der Waals surface area contributed by atoms with Crippen molar-refractivity contribution in [3.05, 3.63) is 23.7 Å². The maximum atomic E-state index is 13.3. The zero-order valence-corrected chi connectivity index (χ0v) is 9.99. The number of rotatable bonds is 4. The van der Waals surface area contributed by atoms with Gasteiger partial charge in [-0.15, -0.1) is 6.42 Å². The highest BCUT2D eigenvalue weighted by Crippen LogP contribution is 2.17. The zero-order valence-electron chi connectivity index (χ0n) is 9.99. The molecule has 0 aliphatic carbocycles. The topological polar surface area (TPSA) is 20.3 Å². The number of carbonyl (C=O) groups excluding carboxylic acids is 1. The summed E-state index contributed by atoms with van der Waals surface area (Å²) in [5.74, 6) is 1.99. The fraction of sp³-hybridized carbons (Fsp3) is 0.500. The van der Waals surface area contributed by atoms with E-state index in [-0.39, 0.29) is 6.42 Å². The van der Waals surface area contributed by atoms with Crippen LogP contribution in [0.5, 0.6) is 0 Å². The Labute approximate surface area is 102 Å². The van der Waals surface area contributed by atoms with Crippen LogP contribution in [-0.2, 0) is 4.79 Å². The predicted octanol–water partition coefficient (Wildman–Crippen LogP) is 2.82. The molecule has 0 radical (unpaired) electrons. The van der Waals surface area contributed by atoms with Gasteiger partial charge in [-0.3, -0.25) is 0 Å². The second-order valence-corrected chi connectivity index (χ2v) is 4.10. The third-order valence-electron chi connectivity index (χ3n) is 2.79. The molecule has 1 aliphatic heterocycles. The number of nitrogens with zero attached hydrogens (tertiary/aromatic N) is 1. The third kappa shape index (κ3) is 4.86. The summed E-state index contributed by atoms with van der Waals surface area (Å²) in [5, 5.41) is 0. The Morgan fingerprint density at radius 1 is 1.29 bits per heavy atom. The molecule has 1 fully saturated rings. The minimum Gasteiger partial charge on any atom is -0.371 e. The maximum absolute atomic E-state index is 13.3. The molecule has 2 nitrogen and oxygen atoms in total. The molecule has 0 unspecified atom stereocenters. The third-order valence-corrected chi connectivity index (χ3v) is 2.79. The summed E-state index contributed by atoms with van der Waals surface area (Å²) in [6.45, 7) is 1.80. The SMILES string of the molecule is C#C/C=C(\C=C(\F)CC=O)N1CCCCCC1. The number of terminal acetylenes is 1. The lowest BCUT2D eigenvalue weighted by Crippen LogP contribution is -2.23. The normalized spacial score (nSPS) is 18.5. The fourth-order valence-corrected chi connectivity index (χ4v) is 1.94. The van der Waals surface area contributed by atoms with E-state index in [1.807, 2.05) is 0 Å². The predicted molar refractivity (Wildman–Crippen MR) is 66.8 cm³/mol. The molecule has 0 spiro atoms. The van der Waals surface area contributed by atoms with Crippen molar-refractivity contribution in [2.24, 2.45) is 0 Å². The van der Waals surface area contributed by atoms with Crippen molar-refractivity contribution in [3.63, 3.8) is 0 Å². The van der Waals surface area contributed by atoms with Crippen LogP contribution in [0.15, 0.2) is 23.7 Å². The van der Waals surface area contributed by atoms with Gasteiger partial charge >= 0.3 is 0 Å². The van der Waals surface area contributed by atoms with Gasteiger partial charge in [-0.25, -0.2) is 4.39 Å². The second kappa shape index (κ2) is 7.67. The van der Waals surface area contributed by atoms with Crippen molar-refractivity contribution in [3.8, 4) is 12.3 Å². The van der Waals surface area contributed by atoms with E-state index in [0.717, 1.165) is 25.9 Å². The first kappa shape index (κ1) is 13.5.